The topological polar surface area (TPSA) is 49.4 Å². The lowest BCUT2D eigenvalue weighted by Gasteiger charge is -2.15. The number of nitrogens with one attached hydrogen (secondary N) is 1. The summed E-state index contributed by atoms with van der Waals surface area (Å²) >= 11 is 7.38. The molecule has 0 bridgehead atoms. The van der Waals surface area contributed by atoms with E-state index in [1.165, 1.54) is 16.7 Å². The number of carbonyl (C=O) groups is 2. The minimum Gasteiger partial charge on any atom is -0.350 e. The van der Waals surface area contributed by atoms with Gasteiger partial charge >= 0.3 is 0 Å². The van der Waals surface area contributed by atoms with Gasteiger partial charge in [-0.2, -0.15) is 0 Å². The van der Waals surface area contributed by atoms with Gasteiger partial charge in [0, 0.05) is 15.6 Å². The second-order valence-corrected chi connectivity index (χ2v) is 8.91. The van der Waals surface area contributed by atoms with Crippen LogP contribution in [0.4, 0.5) is 5.69 Å². The van der Waals surface area contributed by atoms with Crippen molar-refractivity contribution in [2.45, 2.75) is 25.3 Å². The van der Waals surface area contributed by atoms with Crippen LogP contribution in [-0.2, 0) is 16.1 Å². The molecule has 0 fully saturated rings. The number of thioether (sulfide) groups is 1. The van der Waals surface area contributed by atoms with E-state index in [0.717, 1.165) is 27.3 Å². The van der Waals surface area contributed by atoms with E-state index in [1.54, 1.807) is 6.07 Å². The molecule has 4 nitrogen and oxygen atoms in total. The monoisotopic (exact) mass is 448 g/mol. The van der Waals surface area contributed by atoms with E-state index < -0.39 is 0 Å². The molecule has 31 heavy (non-hydrogen) atoms. The number of hydrogen-bond donors (Lipinski definition) is 1. The minimum atomic E-state index is -0.335. The van der Waals surface area contributed by atoms with Crippen LogP contribution < -0.4 is 5.32 Å². The van der Waals surface area contributed by atoms with Crippen molar-refractivity contribution < 1.29 is 9.59 Å². The van der Waals surface area contributed by atoms with Crippen LogP contribution in [0.25, 0.3) is 0 Å². The smallest absolute Gasteiger partial charge is 0.278 e. The zero-order valence-electron chi connectivity index (χ0n) is 17.2. The second kappa shape index (κ2) is 9.00. The molecular formula is C25H21ClN2O2S. The average Bonchev–Trinajstić information content (AvgIpc) is 2.97. The third-order valence-electron chi connectivity index (χ3n) is 5.00. The second-order valence-electron chi connectivity index (χ2n) is 7.39. The summed E-state index contributed by atoms with van der Waals surface area (Å²) in [6.07, 6.45) is 0. The molecule has 156 valence electrons. The first-order valence-corrected chi connectivity index (χ1v) is 11.0. The fourth-order valence-corrected chi connectivity index (χ4v) is 4.47. The number of carbonyl (C=O) groups excluding carboxylic acids is 2. The maximum absolute atomic E-state index is 13.3. The Morgan fingerprint density at radius 1 is 0.903 bits per heavy atom. The van der Waals surface area contributed by atoms with E-state index in [-0.39, 0.29) is 24.1 Å². The van der Waals surface area contributed by atoms with Crippen molar-refractivity contribution >= 4 is 40.9 Å². The Labute approximate surface area is 190 Å². The van der Waals surface area contributed by atoms with Crippen molar-refractivity contribution in [3.63, 3.8) is 0 Å². The summed E-state index contributed by atoms with van der Waals surface area (Å²) in [5.74, 6) is -0.633. The molecule has 2 amide bonds. The van der Waals surface area contributed by atoms with Crippen molar-refractivity contribution in [2.75, 3.05) is 5.32 Å². The molecule has 0 atom stereocenters. The van der Waals surface area contributed by atoms with Gasteiger partial charge in [-0.15, -0.1) is 0 Å². The number of nitrogens with zero attached hydrogens (tertiary/aromatic N) is 1. The van der Waals surface area contributed by atoms with Crippen molar-refractivity contribution in [1.82, 2.24) is 4.90 Å². The van der Waals surface area contributed by atoms with Crippen LogP contribution in [0.3, 0.4) is 0 Å². The summed E-state index contributed by atoms with van der Waals surface area (Å²) < 4.78 is 0. The molecular weight excluding hydrogens is 428 g/mol. The number of rotatable bonds is 6. The van der Waals surface area contributed by atoms with Crippen molar-refractivity contribution in [3.05, 3.63) is 105 Å². The van der Waals surface area contributed by atoms with Crippen LogP contribution in [0.2, 0.25) is 5.02 Å². The summed E-state index contributed by atoms with van der Waals surface area (Å²) in [6, 6.07) is 22.8. The number of aryl methyl sites for hydroxylation is 2. The number of hydrogen-bond acceptors (Lipinski definition) is 4. The van der Waals surface area contributed by atoms with E-state index in [9.17, 15) is 9.59 Å². The molecule has 0 saturated heterocycles. The van der Waals surface area contributed by atoms with E-state index in [4.69, 9.17) is 11.6 Å². The highest BCUT2D eigenvalue weighted by Crippen LogP contribution is 2.37. The number of benzene rings is 3. The van der Waals surface area contributed by atoms with Gasteiger partial charge in [0.15, 0.2) is 0 Å². The first-order valence-electron chi connectivity index (χ1n) is 9.84. The quantitative estimate of drug-likeness (QED) is 0.474. The van der Waals surface area contributed by atoms with Gasteiger partial charge in [-0.1, -0.05) is 71.4 Å². The average molecular weight is 449 g/mol. The fourth-order valence-electron chi connectivity index (χ4n) is 3.29. The van der Waals surface area contributed by atoms with Crippen LogP contribution in [0.5, 0.6) is 0 Å². The molecule has 0 unspecified atom stereocenters. The third kappa shape index (κ3) is 4.68. The van der Waals surface area contributed by atoms with Crippen LogP contribution in [0.1, 0.15) is 16.7 Å². The summed E-state index contributed by atoms with van der Waals surface area (Å²) in [4.78, 5) is 29.2. The summed E-state index contributed by atoms with van der Waals surface area (Å²) in [7, 11) is 0. The molecule has 0 spiro atoms. The Hall–Kier alpha value is -3.02. The van der Waals surface area contributed by atoms with Gasteiger partial charge in [-0.3, -0.25) is 14.5 Å². The van der Waals surface area contributed by atoms with Crippen molar-refractivity contribution in [2.24, 2.45) is 0 Å². The Kier molecular flexibility index (Phi) is 6.16. The van der Waals surface area contributed by atoms with E-state index in [1.807, 2.05) is 80.6 Å². The third-order valence-corrected chi connectivity index (χ3v) is 6.32. The molecule has 1 N–H and O–H groups in total. The molecule has 3 aromatic carbocycles. The van der Waals surface area contributed by atoms with E-state index in [2.05, 4.69) is 5.32 Å². The molecule has 1 heterocycles. The fraction of sp³-hybridized carbons (Fsp3) is 0.120. The molecule has 0 aromatic heterocycles. The number of amides is 2. The predicted octanol–water partition coefficient (Wildman–Crippen LogP) is 5.94. The van der Waals surface area contributed by atoms with E-state index in [0.29, 0.717) is 9.93 Å². The van der Waals surface area contributed by atoms with Crippen LogP contribution >= 0.6 is 23.4 Å². The van der Waals surface area contributed by atoms with Gasteiger partial charge in [0.25, 0.3) is 11.8 Å². The normalized spacial score (nSPS) is 13.8. The highest BCUT2D eigenvalue weighted by molar-refractivity contribution is 8.04. The molecule has 6 heteroatoms. The molecule has 3 aromatic rings. The van der Waals surface area contributed by atoms with Gasteiger partial charge in [0.1, 0.15) is 10.6 Å². The summed E-state index contributed by atoms with van der Waals surface area (Å²) in [5.41, 5.74) is 3.95. The molecule has 0 aliphatic carbocycles. The SMILES string of the molecule is Cc1ccc(SC2=C(Nc3ccc(Cl)cc3C)C(=O)N(Cc3ccccc3)C2=O)cc1. The molecule has 1 aliphatic heterocycles. The number of imide groups is 1. The number of halogens is 1. The van der Waals surface area contributed by atoms with Gasteiger partial charge in [-0.05, 0) is 55.3 Å². The van der Waals surface area contributed by atoms with Gasteiger partial charge in [0.2, 0.25) is 0 Å². The largest absolute Gasteiger partial charge is 0.350 e. The van der Waals surface area contributed by atoms with Crippen LogP contribution in [-0.4, -0.2) is 16.7 Å². The van der Waals surface area contributed by atoms with Crippen LogP contribution in [0, 0.1) is 13.8 Å². The Morgan fingerprint density at radius 2 is 1.61 bits per heavy atom. The van der Waals surface area contributed by atoms with Gasteiger partial charge in [0.05, 0.1) is 6.54 Å². The molecule has 4 rings (SSSR count). The lowest BCUT2D eigenvalue weighted by Crippen LogP contribution is -2.31. The summed E-state index contributed by atoms with van der Waals surface area (Å²) in [6.45, 7) is 4.14. The highest BCUT2D eigenvalue weighted by Gasteiger charge is 2.39. The van der Waals surface area contributed by atoms with Gasteiger partial charge < -0.3 is 5.32 Å². The Balaban J connectivity index is 1.69. The van der Waals surface area contributed by atoms with Gasteiger partial charge in [-0.25, -0.2) is 0 Å². The molecule has 0 radical (unpaired) electrons. The maximum Gasteiger partial charge on any atom is 0.278 e. The highest BCUT2D eigenvalue weighted by atomic mass is 35.5. The lowest BCUT2D eigenvalue weighted by atomic mass is 10.2. The van der Waals surface area contributed by atoms with Crippen molar-refractivity contribution in [1.29, 1.82) is 0 Å². The first kappa shape index (κ1) is 21.2. The van der Waals surface area contributed by atoms with Crippen LogP contribution in [0.15, 0.2) is 88.3 Å². The standard InChI is InChI=1S/C25H21ClN2O2S/c1-16-8-11-20(12-9-16)31-23-22(27-21-13-10-19(26)14-17(21)2)24(29)28(25(23)30)15-18-6-4-3-5-7-18/h3-14,27H,15H2,1-2H3. The number of anilines is 1. The zero-order chi connectivity index (χ0) is 22.0. The zero-order valence-corrected chi connectivity index (χ0v) is 18.8. The molecule has 0 saturated carbocycles. The van der Waals surface area contributed by atoms with E-state index >= 15 is 0 Å². The lowest BCUT2D eigenvalue weighted by molar-refractivity contribution is -0.137. The minimum absolute atomic E-state index is 0.223. The predicted molar refractivity (Wildman–Crippen MR) is 126 cm³/mol. The first-order chi connectivity index (χ1) is 14.9. The Bertz CT molecular complexity index is 1170. The Morgan fingerprint density at radius 3 is 2.29 bits per heavy atom. The maximum atomic E-state index is 13.3. The van der Waals surface area contributed by atoms with Crippen molar-refractivity contribution in [3.8, 4) is 0 Å². The molecule has 1 aliphatic rings. The summed E-state index contributed by atoms with van der Waals surface area (Å²) in [5, 5.41) is 3.82.